The van der Waals surface area contributed by atoms with Crippen LogP contribution in [0.4, 0.5) is 0 Å². The molecule has 0 fully saturated rings. The van der Waals surface area contributed by atoms with E-state index in [1.54, 1.807) is 28.2 Å². The van der Waals surface area contributed by atoms with Crippen LogP contribution in [0.15, 0.2) is 66.7 Å². The van der Waals surface area contributed by atoms with E-state index in [2.05, 4.69) is 103 Å². The van der Waals surface area contributed by atoms with Crippen LogP contribution in [0.3, 0.4) is 0 Å². The number of fused-ring (bicyclic) bond motifs is 2. The Morgan fingerprint density at radius 2 is 1.39 bits per heavy atom. The molecule has 1 aliphatic rings. The number of rotatable bonds is 0. The van der Waals surface area contributed by atoms with Crippen LogP contribution in [-0.4, -0.2) is 37.7 Å². The summed E-state index contributed by atoms with van der Waals surface area (Å²) in [4.78, 5) is 0. The van der Waals surface area contributed by atoms with Crippen LogP contribution in [0.1, 0.15) is 11.1 Å². The zero-order valence-corrected chi connectivity index (χ0v) is 22.6. The Kier molecular flexibility index (Phi) is 21.3. The summed E-state index contributed by atoms with van der Waals surface area (Å²) in [6, 6.07) is 23.1. The van der Waals surface area contributed by atoms with Gasteiger partial charge < -0.3 is 10.6 Å². The Hall–Kier alpha value is -1.20. The number of hydrogen-bond donors (Lipinski definition) is 0. The standard InChI is InChI=1S/2C9H7.2C2H6N.C2H6Si.Hf/c2*1-2-5-9-7-3-6-8(9)4-1;3*1-3-2;/h1-2,4-6H,7H2;1-7H;3*1-2H3;/q4*-1;;+4. The number of hydrogen-bond acceptors (Lipinski definition) is 0. The maximum atomic E-state index is 3.50. The van der Waals surface area contributed by atoms with Gasteiger partial charge in [-0.1, -0.05) is 37.4 Å². The van der Waals surface area contributed by atoms with Gasteiger partial charge in [0.1, 0.15) is 0 Å². The molecule has 0 heterocycles. The second-order valence-corrected chi connectivity index (χ2v) is 6.77. The third-order valence-corrected chi connectivity index (χ3v) is 3.15. The molecular formula is C24H32HfN2Si. The first kappa shape index (κ1) is 29.0. The summed E-state index contributed by atoms with van der Waals surface area (Å²) in [6.07, 6.45) is 6.21. The Bertz CT molecular complexity index is 703. The van der Waals surface area contributed by atoms with Gasteiger partial charge in [0, 0.05) is 9.52 Å². The van der Waals surface area contributed by atoms with Gasteiger partial charge in [0.15, 0.2) is 0 Å². The van der Waals surface area contributed by atoms with Crippen molar-refractivity contribution in [2.75, 3.05) is 28.2 Å². The van der Waals surface area contributed by atoms with Crippen LogP contribution in [0.2, 0.25) is 13.1 Å². The summed E-state index contributed by atoms with van der Waals surface area (Å²) < 4.78 is 0. The topological polar surface area (TPSA) is 28.2 Å². The quantitative estimate of drug-likeness (QED) is 0.220. The summed E-state index contributed by atoms with van der Waals surface area (Å²) in [6.45, 7) is 4.31. The molecule has 0 saturated carbocycles. The summed E-state index contributed by atoms with van der Waals surface area (Å²) >= 11 is 0. The molecule has 0 bridgehead atoms. The average Bonchev–Trinajstić information content (AvgIpc) is 3.33. The summed E-state index contributed by atoms with van der Waals surface area (Å²) in [5, 5.41) is 9.66. The molecule has 2 radical (unpaired) electrons. The van der Waals surface area contributed by atoms with Gasteiger partial charge in [0.25, 0.3) is 0 Å². The SMILES string of the molecule is C[N-]C.C[N-]C.C[Si]C.[C-]1=Cc2ccccc2C1.[Hf+4].c1ccc2[cH-]ccc2c1. The predicted octanol–water partition coefficient (Wildman–Crippen LogP) is 6.64. The van der Waals surface area contributed by atoms with E-state index in [1.807, 2.05) is 0 Å². The minimum Gasteiger partial charge on any atom is -0.668 e. The minimum absolute atomic E-state index is 0. The van der Waals surface area contributed by atoms with Crippen LogP contribution in [-0.2, 0) is 32.3 Å². The van der Waals surface area contributed by atoms with Crippen molar-refractivity contribution < 1.29 is 25.8 Å². The third kappa shape index (κ3) is 13.1. The number of benzene rings is 2. The molecule has 0 aromatic heterocycles. The molecule has 3 aromatic rings. The van der Waals surface area contributed by atoms with E-state index in [-0.39, 0.29) is 25.8 Å². The zero-order chi connectivity index (χ0) is 20.3. The van der Waals surface area contributed by atoms with Crippen LogP contribution < -0.4 is 0 Å². The van der Waals surface area contributed by atoms with Crippen LogP contribution in [0.25, 0.3) is 27.5 Å². The van der Waals surface area contributed by atoms with E-state index in [0.29, 0.717) is 0 Å². The van der Waals surface area contributed by atoms with Gasteiger partial charge >= 0.3 is 25.8 Å². The average molecular weight is 555 g/mol. The summed E-state index contributed by atoms with van der Waals surface area (Å²) in [5.74, 6) is 0. The molecular weight excluding hydrogens is 523 g/mol. The number of nitrogens with zero attached hydrogens (tertiary/aromatic N) is 2. The first-order chi connectivity index (χ1) is 13.2. The van der Waals surface area contributed by atoms with Gasteiger partial charge in [-0.15, -0.1) is 47.7 Å². The Morgan fingerprint density at radius 1 is 0.857 bits per heavy atom. The first-order valence-electron chi connectivity index (χ1n) is 8.97. The van der Waals surface area contributed by atoms with Crippen molar-refractivity contribution in [3.63, 3.8) is 0 Å². The molecule has 28 heavy (non-hydrogen) atoms. The molecule has 2 nitrogen and oxygen atoms in total. The third-order valence-electron chi connectivity index (χ3n) is 3.15. The molecule has 1 aliphatic carbocycles. The van der Waals surface area contributed by atoms with Crippen molar-refractivity contribution in [2.24, 2.45) is 0 Å². The molecule has 0 spiro atoms. The molecule has 4 rings (SSSR count). The normalized spacial score (nSPS) is 9.64. The molecule has 3 aromatic carbocycles. The molecule has 4 heteroatoms. The van der Waals surface area contributed by atoms with Crippen LogP contribution in [0, 0.1) is 6.08 Å². The maximum absolute atomic E-state index is 3.50. The maximum Gasteiger partial charge on any atom is 4.00 e. The number of allylic oxidation sites excluding steroid dienone is 1. The van der Waals surface area contributed by atoms with E-state index in [4.69, 9.17) is 0 Å². The van der Waals surface area contributed by atoms with Gasteiger partial charge in [-0.25, -0.2) is 6.08 Å². The monoisotopic (exact) mass is 556 g/mol. The fourth-order valence-corrected chi connectivity index (χ4v) is 2.18. The van der Waals surface area contributed by atoms with Crippen molar-refractivity contribution in [2.45, 2.75) is 19.5 Å². The van der Waals surface area contributed by atoms with Crippen molar-refractivity contribution in [1.29, 1.82) is 0 Å². The minimum atomic E-state index is 0. The van der Waals surface area contributed by atoms with E-state index >= 15 is 0 Å². The van der Waals surface area contributed by atoms with E-state index < -0.39 is 0 Å². The summed E-state index contributed by atoms with van der Waals surface area (Å²) in [5.41, 5.74) is 2.73. The zero-order valence-electron chi connectivity index (χ0n) is 18.0. The van der Waals surface area contributed by atoms with Crippen molar-refractivity contribution >= 4 is 26.4 Å². The van der Waals surface area contributed by atoms with Gasteiger partial charge in [0.2, 0.25) is 0 Å². The second-order valence-electron chi connectivity index (χ2n) is 5.77. The molecule has 0 atom stereocenters. The fraction of sp³-hybridized carbons (Fsp3) is 0.292. The summed E-state index contributed by atoms with van der Waals surface area (Å²) in [7, 11) is 8.08. The van der Waals surface area contributed by atoms with Gasteiger partial charge in [-0.3, -0.25) is 6.08 Å². The van der Waals surface area contributed by atoms with Crippen molar-refractivity contribution in [3.8, 4) is 0 Å². The smallest absolute Gasteiger partial charge is 0.668 e. The van der Waals surface area contributed by atoms with Gasteiger partial charge in [-0.2, -0.15) is 51.3 Å². The molecule has 0 aliphatic heterocycles. The van der Waals surface area contributed by atoms with Gasteiger partial charge in [-0.05, 0) is 0 Å². The molecule has 146 valence electrons. The van der Waals surface area contributed by atoms with Crippen molar-refractivity contribution in [1.82, 2.24) is 0 Å². The Morgan fingerprint density at radius 3 is 1.96 bits per heavy atom. The van der Waals surface area contributed by atoms with Gasteiger partial charge in [0.05, 0.1) is 0 Å². The first-order valence-corrected chi connectivity index (χ1v) is 11.0. The van der Waals surface area contributed by atoms with Crippen molar-refractivity contribution in [3.05, 3.63) is 94.6 Å². The molecule has 0 N–H and O–H groups in total. The largest absolute Gasteiger partial charge is 4.00 e. The van der Waals surface area contributed by atoms with Crippen LogP contribution >= 0.6 is 0 Å². The van der Waals surface area contributed by atoms with Crippen LogP contribution in [0.5, 0.6) is 0 Å². The molecule has 0 amide bonds. The Labute approximate surface area is 193 Å². The molecule has 0 unspecified atom stereocenters. The fourth-order valence-electron chi connectivity index (χ4n) is 2.18. The van der Waals surface area contributed by atoms with E-state index in [1.165, 1.54) is 21.9 Å². The second kappa shape index (κ2) is 20.5. The Balaban J connectivity index is 0. The molecule has 0 saturated heterocycles. The predicted molar refractivity (Wildman–Crippen MR) is 125 cm³/mol. The van der Waals surface area contributed by atoms with E-state index in [0.717, 1.165) is 15.9 Å². The van der Waals surface area contributed by atoms with E-state index in [9.17, 15) is 0 Å².